The van der Waals surface area contributed by atoms with Gasteiger partial charge in [-0.25, -0.2) is 0 Å². The molecule has 1 unspecified atom stereocenters. The van der Waals surface area contributed by atoms with Gasteiger partial charge in [0.25, 0.3) is 5.91 Å². The molecular weight excluding hydrogens is 230 g/mol. The van der Waals surface area contributed by atoms with Gasteiger partial charge in [-0.15, -0.1) is 0 Å². The standard InChI is InChI=1S/C11H14ClNO3/c1-7(14)6-13-11(16)10(15)8-4-2-3-5-9(8)12/h2-5,7,10,14-15H,6H2,1H3,(H,13,16)/t7?,10-/m1/s1. The molecule has 1 amide bonds. The maximum atomic E-state index is 11.5. The Morgan fingerprint density at radius 3 is 2.62 bits per heavy atom. The average molecular weight is 244 g/mol. The maximum Gasteiger partial charge on any atom is 0.253 e. The van der Waals surface area contributed by atoms with Gasteiger partial charge in [-0.05, 0) is 13.0 Å². The predicted molar refractivity (Wildman–Crippen MR) is 61.1 cm³/mol. The highest BCUT2D eigenvalue weighted by Gasteiger charge is 2.19. The van der Waals surface area contributed by atoms with Crippen molar-refractivity contribution in [3.05, 3.63) is 34.9 Å². The number of amides is 1. The van der Waals surface area contributed by atoms with Gasteiger partial charge in [0.05, 0.1) is 6.10 Å². The lowest BCUT2D eigenvalue weighted by Crippen LogP contribution is -2.34. The second-order valence-electron chi connectivity index (χ2n) is 3.52. The van der Waals surface area contributed by atoms with Crippen LogP contribution in [0.25, 0.3) is 0 Å². The van der Waals surface area contributed by atoms with E-state index in [-0.39, 0.29) is 6.54 Å². The molecule has 0 saturated carbocycles. The molecule has 16 heavy (non-hydrogen) atoms. The fourth-order valence-corrected chi connectivity index (χ4v) is 1.42. The first-order chi connectivity index (χ1) is 7.52. The van der Waals surface area contributed by atoms with Crippen molar-refractivity contribution in [2.75, 3.05) is 6.54 Å². The number of hydrogen-bond acceptors (Lipinski definition) is 3. The molecule has 1 aromatic rings. The first kappa shape index (κ1) is 13.0. The molecule has 0 heterocycles. The van der Waals surface area contributed by atoms with Crippen molar-refractivity contribution in [1.82, 2.24) is 5.32 Å². The molecule has 0 aliphatic carbocycles. The minimum absolute atomic E-state index is 0.0976. The number of carbonyl (C=O) groups excluding carboxylic acids is 1. The van der Waals surface area contributed by atoms with Crippen LogP contribution in [0.5, 0.6) is 0 Å². The first-order valence-electron chi connectivity index (χ1n) is 4.90. The van der Waals surface area contributed by atoms with Crippen molar-refractivity contribution in [3.8, 4) is 0 Å². The normalized spacial score (nSPS) is 14.2. The van der Waals surface area contributed by atoms with Gasteiger partial charge >= 0.3 is 0 Å². The Balaban J connectivity index is 2.67. The summed E-state index contributed by atoms with van der Waals surface area (Å²) in [4.78, 5) is 11.5. The molecule has 5 heteroatoms. The Labute approximate surface area is 98.9 Å². The van der Waals surface area contributed by atoms with Gasteiger partial charge in [0.2, 0.25) is 0 Å². The van der Waals surface area contributed by atoms with Crippen LogP contribution in [0.1, 0.15) is 18.6 Å². The molecular formula is C11H14ClNO3. The number of carbonyl (C=O) groups is 1. The topological polar surface area (TPSA) is 69.6 Å². The van der Waals surface area contributed by atoms with Gasteiger partial charge in [-0.2, -0.15) is 0 Å². The van der Waals surface area contributed by atoms with Gasteiger partial charge in [0.15, 0.2) is 6.10 Å². The van der Waals surface area contributed by atoms with Gasteiger partial charge in [-0.3, -0.25) is 4.79 Å². The minimum Gasteiger partial charge on any atom is -0.392 e. The third-order valence-electron chi connectivity index (χ3n) is 2.02. The molecule has 1 rings (SSSR count). The number of halogens is 1. The Kier molecular flexibility index (Phi) is 4.73. The van der Waals surface area contributed by atoms with E-state index in [0.29, 0.717) is 10.6 Å². The van der Waals surface area contributed by atoms with Crippen LogP contribution in [0, 0.1) is 0 Å². The minimum atomic E-state index is -1.31. The zero-order valence-corrected chi connectivity index (χ0v) is 9.61. The number of rotatable bonds is 4. The Morgan fingerprint density at radius 1 is 1.44 bits per heavy atom. The molecule has 0 radical (unpaired) electrons. The van der Waals surface area contributed by atoms with E-state index in [1.165, 1.54) is 0 Å². The molecule has 0 saturated heterocycles. The zero-order chi connectivity index (χ0) is 12.1. The predicted octanol–water partition coefficient (Wildman–Crippen LogP) is 0.870. The van der Waals surface area contributed by atoms with Gasteiger partial charge in [-0.1, -0.05) is 29.8 Å². The fraction of sp³-hybridized carbons (Fsp3) is 0.364. The number of aliphatic hydroxyl groups excluding tert-OH is 2. The van der Waals surface area contributed by atoms with Crippen molar-refractivity contribution < 1.29 is 15.0 Å². The number of nitrogens with one attached hydrogen (secondary N) is 1. The molecule has 4 nitrogen and oxygen atoms in total. The monoisotopic (exact) mass is 243 g/mol. The third kappa shape index (κ3) is 3.48. The van der Waals surface area contributed by atoms with Crippen LogP contribution >= 0.6 is 11.6 Å². The summed E-state index contributed by atoms with van der Waals surface area (Å²) in [6.45, 7) is 1.64. The van der Waals surface area contributed by atoms with Crippen molar-refractivity contribution in [2.24, 2.45) is 0 Å². The SMILES string of the molecule is CC(O)CNC(=O)[C@H](O)c1ccccc1Cl. The smallest absolute Gasteiger partial charge is 0.253 e. The lowest BCUT2D eigenvalue weighted by atomic mass is 10.1. The highest BCUT2D eigenvalue weighted by atomic mass is 35.5. The van der Waals surface area contributed by atoms with E-state index in [9.17, 15) is 9.90 Å². The largest absolute Gasteiger partial charge is 0.392 e. The van der Waals surface area contributed by atoms with Gasteiger partial charge in [0.1, 0.15) is 0 Å². The molecule has 2 atom stereocenters. The Bertz CT molecular complexity index is 368. The maximum absolute atomic E-state index is 11.5. The lowest BCUT2D eigenvalue weighted by Gasteiger charge is -2.13. The second-order valence-corrected chi connectivity index (χ2v) is 3.93. The van der Waals surface area contributed by atoms with E-state index in [0.717, 1.165) is 0 Å². The first-order valence-corrected chi connectivity index (χ1v) is 5.28. The van der Waals surface area contributed by atoms with E-state index >= 15 is 0 Å². The van der Waals surface area contributed by atoms with E-state index in [2.05, 4.69) is 5.32 Å². The molecule has 0 aliphatic rings. The summed E-state index contributed by atoms with van der Waals surface area (Å²) in [7, 11) is 0. The Hall–Kier alpha value is -1.10. The number of aliphatic hydroxyl groups is 2. The molecule has 88 valence electrons. The van der Waals surface area contributed by atoms with E-state index < -0.39 is 18.1 Å². The summed E-state index contributed by atoms with van der Waals surface area (Å²) >= 11 is 5.84. The number of hydrogen-bond donors (Lipinski definition) is 3. The van der Waals surface area contributed by atoms with Crippen LogP contribution < -0.4 is 5.32 Å². The van der Waals surface area contributed by atoms with Crippen LogP contribution in [0.15, 0.2) is 24.3 Å². The quantitative estimate of drug-likeness (QED) is 0.735. The van der Waals surface area contributed by atoms with E-state index in [1.807, 2.05) is 0 Å². The van der Waals surface area contributed by atoms with Crippen LogP contribution in [0.3, 0.4) is 0 Å². The van der Waals surface area contributed by atoms with Crippen LogP contribution in [0.2, 0.25) is 5.02 Å². The summed E-state index contributed by atoms with van der Waals surface area (Å²) in [6.07, 6.45) is -1.96. The fourth-order valence-electron chi connectivity index (χ4n) is 1.18. The lowest BCUT2D eigenvalue weighted by molar-refractivity contribution is -0.130. The molecule has 0 bridgehead atoms. The van der Waals surface area contributed by atoms with Crippen molar-refractivity contribution in [1.29, 1.82) is 0 Å². The highest BCUT2D eigenvalue weighted by Crippen LogP contribution is 2.22. The molecule has 0 aromatic heterocycles. The van der Waals surface area contributed by atoms with Crippen LogP contribution in [-0.4, -0.2) is 28.8 Å². The summed E-state index contributed by atoms with van der Waals surface area (Å²) < 4.78 is 0. The van der Waals surface area contributed by atoms with Gasteiger partial charge < -0.3 is 15.5 Å². The van der Waals surface area contributed by atoms with Crippen LogP contribution in [-0.2, 0) is 4.79 Å². The summed E-state index contributed by atoms with van der Waals surface area (Å²) in [5.74, 6) is -0.575. The molecule has 0 aliphatic heterocycles. The summed E-state index contributed by atoms with van der Waals surface area (Å²) in [5.41, 5.74) is 0.354. The van der Waals surface area contributed by atoms with Crippen molar-refractivity contribution >= 4 is 17.5 Å². The summed E-state index contributed by atoms with van der Waals surface area (Å²) in [6, 6.07) is 6.58. The molecule has 3 N–H and O–H groups in total. The van der Waals surface area contributed by atoms with Crippen molar-refractivity contribution in [3.63, 3.8) is 0 Å². The van der Waals surface area contributed by atoms with Crippen LogP contribution in [0.4, 0.5) is 0 Å². The number of benzene rings is 1. The summed E-state index contributed by atoms with van der Waals surface area (Å²) in [5, 5.41) is 21.4. The second kappa shape index (κ2) is 5.84. The van der Waals surface area contributed by atoms with Gasteiger partial charge in [0, 0.05) is 17.1 Å². The molecule has 0 fully saturated rings. The Morgan fingerprint density at radius 2 is 2.06 bits per heavy atom. The molecule has 0 spiro atoms. The highest BCUT2D eigenvalue weighted by molar-refractivity contribution is 6.31. The molecule has 1 aromatic carbocycles. The third-order valence-corrected chi connectivity index (χ3v) is 2.36. The van der Waals surface area contributed by atoms with E-state index in [1.54, 1.807) is 31.2 Å². The van der Waals surface area contributed by atoms with E-state index in [4.69, 9.17) is 16.7 Å². The zero-order valence-electron chi connectivity index (χ0n) is 8.85. The van der Waals surface area contributed by atoms with Crippen molar-refractivity contribution in [2.45, 2.75) is 19.1 Å². The average Bonchev–Trinajstić information content (AvgIpc) is 2.25.